The number of nitriles is 1. The standard InChI is InChI=1S/C42H24N4O/c43-25-26-17-21-38-33(23-26)34-24-27(18-22-39(34)47-38)35-13-8-16-40(44-35)46-37-15-7-5-12-30(37)32-20-19-31-29-11-4-6-14-36(29)45(41(31)42(32)46)28-9-2-1-3-10-28/h1-24H. The van der Waals surface area contributed by atoms with Gasteiger partial charge in [0.25, 0.3) is 0 Å². The highest BCUT2D eigenvalue weighted by Crippen LogP contribution is 2.41. The van der Waals surface area contributed by atoms with Gasteiger partial charge in [-0.25, -0.2) is 4.98 Å². The Morgan fingerprint density at radius 1 is 0.511 bits per heavy atom. The lowest BCUT2D eigenvalue weighted by molar-refractivity contribution is 0.669. The maximum absolute atomic E-state index is 9.51. The van der Waals surface area contributed by atoms with E-state index in [1.165, 1.54) is 27.1 Å². The van der Waals surface area contributed by atoms with E-state index in [4.69, 9.17) is 9.40 Å². The van der Waals surface area contributed by atoms with Crippen LogP contribution in [0.4, 0.5) is 0 Å². The highest BCUT2D eigenvalue weighted by Gasteiger charge is 2.21. The molecule has 0 saturated carbocycles. The van der Waals surface area contributed by atoms with Crippen molar-refractivity contribution in [2.24, 2.45) is 0 Å². The average Bonchev–Trinajstić information content (AvgIpc) is 3.79. The van der Waals surface area contributed by atoms with Crippen LogP contribution >= 0.6 is 0 Å². The molecule has 5 nitrogen and oxygen atoms in total. The van der Waals surface area contributed by atoms with E-state index in [0.717, 1.165) is 61.3 Å². The zero-order chi connectivity index (χ0) is 31.1. The van der Waals surface area contributed by atoms with Gasteiger partial charge >= 0.3 is 0 Å². The van der Waals surface area contributed by atoms with Crippen molar-refractivity contribution in [2.75, 3.05) is 0 Å². The van der Waals surface area contributed by atoms with Crippen molar-refractivity contribution in [3.05, 3.63) is 151 Å². The molecule has 0 N–H and O–H groups in total. The molecule has 0 atom stereocenters. The van der Waals surface area contributed by atoms with Crippen molar-refractivity contribution in [1.82, 2.24) is 14.1 Å². The van der Waals surface area contributed by atoms with Crippen LogP contribution in [-0.4, -0.2) is 14.1 Å². The summed E-state index contributed by atoms with van der Waals surface area (Å²) in [5.74, 6) is 0.843. The molecular weight excluding hydrogens is 576 g/mol. The summed E-state index contributed by atoms with van der Waals surface area (Å²) in [7, 11) is 0. The van der Waals surface area contributed by atoms with E-state index in [2.05, 4.69) is 137 Å². The van der Waals surface area contributed by atoms with Crippen molar-refractivity contribution in [3.8, 4) is 28.8 Å². The number of furan rings is 1. The molecule has 4 heterocycles. The Kier molecular flexibility index (Phi) is 5.28. The normalized spacial score (nSPS) is 11.8. The van der Waals surface area contributed by atoms with E-state index < -0.39 is 0 Å². The minimum absolute atomic E-state index is 0.608. The van der Waals surface area contributed by atoms with Crippen LogP contribution in [0.25, 0.3) is 88.3 Å². The lowest BCUT2D eigenvalue weighted by Crippen LogP contribution is -2.01. The van der Waals surface area contributed by atoms with E-state index in [-0.39, 0.29) is 0 Å². The first-order valence-corrected chi connectivity index (χ1v) is 15.6. The Balaban J connectivity index is 1.28. The van der Waals surface area contributed by atoms with Crippen LogP contribution in [0.1, 0.15) is 5.56 Å². The van der Waals surface area contributed by atoms with Gasteiger partial charge in [-0.1, -0.05) is 72.8 Å². The molecule has 0 fully saturated rings. The topological polar surface area (TPSA) is 59.7 Å². The molecule has 0 aliphatic carbocycles. The summed E-state index contributed by atoms with van der Waals surface area (Å²) in [5, 5.41) is 16.2. The average molecular weight is 601 g/mol. The summed E-state index contributed by atoms with van der Waals surface area (Å²) < 4.78 is 10.8. The van der Waals surface area contributed by atoms with Gasteiger partial charge in [-0.3, -0.25) is 4.57 Å². The summed E-state index contributed by atoms with van der Waals surface area (Å²) in [5.41, 5.74) is 9.65. The van der Waals surface area contributed by atoms with Gasteiger partial charge < -0.3 is 8.98 Å². The van der Waals surface area contributed by atoms with Gasteiger partial charge in [-0.15, -0.1) is 0 Å². The van der Waals surface area contributed by atoms with E-state index in [9.17, 15) is 5.26 Å². The second-order valence-electron chi connectivity index (χ2n) is 11.9. The Hall–Kier alpha value is -6.64. The molecule has 0 aliphatic heterocycles. The largest absolute Gasteiger partial charge is 0.456 e. The molecule has 0 unspecified atom stereocenters. The van der Waals surface area contributed by atoms with Crippen LogP contribution in [0, 0.1) is 11.3 Å². The number of nitrogens with zero attached hydrogens (tertiary/aromatic N) is 4. The summed E-state index contributed by atoms with van der Waals surface area (Å²) >= 11 is 0. The molecular formula is C42H24N4O. The molecule has 47 heavy (non-hydrogen) atoms. The number of hydrogen-bond donors (Lipinski definition) is 0. The first kappa shape index (κ1) is 25.7. The molecule has 4 aromatic heterocycles. The van der Waals surface area contributed by atoms with Gasteiger partial charge in [0.2, 0.25) is 0 Å². The molecule has 0 aliphatic rings. The third kappa shape index (κ3) is 3.67. The Morgan fingerprint density at radius 3 is 1.89 bits per heavy atom. The monoisotopic (exact) mass is 600 g/mol. The first-order chi connectivity index (χ1) is 23.3. The lowest BCUT2D eigenvalue weighted by atomic mass is 10.1. The smallest absolute Gasteiger partial charge is 0.138 e. The molecule has 10 aromatic rings. The number of aromatic nitrogens is 3. The molecule has 5 heteroatoms. The molecule has 218 valence electrons. The van der Waals surface area contributed by atoms with Gasteiger partial charge in [0.05, 0.1) is 39.4 Å². The fourth-order valence-corrected chi connectivity index (χ4v) is 7.30. The zero-order valence-electron chi connectivity index (χ0n) is 25.1. The fraction of sp³-hybridized carbons (Fsp3) is 0. The van der Waals surface area contributed by atoms with Crippen molar-refractivity contribution < 1.29 is 4.42 Å². The third-order valence-corrected chi connectivity index (χ3v) is 9.34. The highest BCUT2D eigenvalue weighted by atomic mass is 16.3. The Labute approximate surface area is 268 Å². The van der Waals surface area contributed by atoms with E-state index >= 15 is 0 Å². The van der Waals surface area contributed by atoms with Crippen LogP contribution in [0.2, 0.25) is 0 Å². The molecule has 0 radical (unpaired) electrons. The molecule has 6 aromatic carbocycles. The molecule has 10 rings (SSSR count). The predicted molar refractivity (Wildman–Crippen MR) is 190 cm³/mol. The number of benzene rings is 6. The van der Waals surface area contributed by atoms with Crippen molar-refractivity contribution >= 4 is 65.6 Å². The minimum atomic E-state index is 0.608. The summed E-state index contributed by atoms with van der Waals surface area (Å²) in [6.07, 6.45) is 0. The van der Waals surface area contributed by atoms with Gasteiger partial charge in [0.15, 0.2) is 0 Å². The number of fused-ring (bicyclic) bond motifs is 10. The van der Waals surface area contributed by atoms with E-state index in [1.807, 2.05) is 18.2 Å². The number of rotatable bonds is 3. The highest BCUT2D eigenvalue weighted by molar-refractivity contribution is 6.23. The summed E-state index contributed by atoms with van der Waals surface area (Å²) in [6, 6.07) is 52.5. The van der Waals surface area contributed by atoms with Gasteiger partial charge in [-0.05, 0) is 72.8 Å². The van der Waals surface area contributed by atoms with Gasteiger partial charge in [0.1, 0.15) is 17.0 Å². The van der Waals surface area contributed by atoms with Gasteiger partial charge in [0, 0.05) is 43.6 Å². The second-order valence-corrected chi connectivity index (χ2v) is 11.9. The third-order valence-electron chi connectivity index (χ3n) is 9.34. The van der Waals surface area contributed by atoms with Crippen molar-refractivity contribution in [3.63, 3.8) is 0 Å². The van der Waals surface area contributed by atoms with Crippen molar-refractivity contribution in [2.45, 2.75) is 0 Å². The van der Waals surface area contributed by atoms with Crippen LogP contribution in [0.5, 0.6) is 0 Å². The number of hydrogen-bond acceptors (Lipinski definition) is 3. The molecule has 0 bridgehead atoms. The lowest BCUT2D eigenvalue weighted by Gasteiger charge is -2.13. The van der Waals surface area contributed by atoms with Crippen LogP contribution in [-0.2, 0) is 0 Å². The molecule has 0 spiro atoms. The zero-order valence-corrected chi connectivity index (χ0v) is 25.1. The SMILES string of the molecule is N#Cc1ccc2oc3ccc(-c4cccc(-n5c6ccccc6c6ccc7c8ccccc8n(-c8ccccc8)c7c65)n4)cc3c2c1. The maximum Gasteiger partial charge on any atom is 0.138 e. The minimum Gasteiger partial charge on any atom is -0.456 e. The fourth-order valence-electron chi connectivity index (χ4n) is 7.30. The summed E-state index contributed by atoms with van der Waals surface area (Å²) in [6.45, 7) is 0. The second kappa shape index (κ2) is 9.68. The van der Waals surface area contributed by atoms with E-state index in [1.54, 1.807) is 6.07 Å². The predicted octanol–water partition coefficient (Wildman–Crippen LogP) is 10.7. The Bertz CT molecular complexity index is 2920. The van der Waals surface area contributed by atoms with Gasteiger partial charge in [-0.2, -0.15) is 5.26 Å². The number of pyridine rings is 1. The summed E-state index contributed by atoms with van der Waals surface area (Å²) in [4.78, 5) is 5.32. The first-order valence-electron chi connectivity index (χ1n) is 15.6. The number of para-hydroxylation sites is 3. The van der Waals surface area contributed by atoms with Crippen LogP contribution in [0.3, 0.4) is 0 Å². The van der Waals surface area contributed by atoms with Crippen molar-refractivity contribution in [1.29, 1.82) is 5.26 Å². The molecule has 0 saturated heterocycles. The van der Waals surface area contributed by atoms with E-state index in [0.29, 0.717) is 5.56 Å². The Morgan fingerprint density at radius 2 is 1.15 bits per heavy atom. The quantitative estimate of drug-likeness (QED) is 0.203. The van der Waals surface area contributed by atoms with Crippen LogP contribution in [0.15, 0.2) is 150 Å². The van der Waals surface area contributed by atoms with Crippen LogP contribution < -0.4 is 0 Å². The molecule has 0 amide bonds. The maximum atomic E-state index is 9.51.